The highest BCUT2D eigenvalue weighted by atomic mass is 32.2. The summed E-state index contributed by atoms with van der Waals surface area (Å²) in [5.74, 6) is 0.599. The van der Waals surface area contributed by atoms with Crippen LogP contribution in [0.4, 0.5) is 0 Å². The average molecular weight is 379 g/mol. The van der Waals surface area contributed by atoms with Crippen LogP contribution in [-0.2, 0) is 10.0 Å². The van der Waals surface area contributed by atoms with Crippen LogP contribution in [0.5, 0.6) is 0 Å². The van der Waals surface area contributed by atoms with Gasteiger partial charge in [0.05, 0.1) is 4.90 Å². The van der Waals surface area contributed by atoms with Gasteiger partial charge in [0.25, 0.3) is 5.91 Å². The molecule has 26 heavy (non-hydrogen) atoms. The van der Waals surface area contributed by atoms with E-state index in [-0.39, 0.29) is 10.8 Å². The molecule has 2 fully saturated rings. The first kappa shape index (κ1) is 19.4. The topological polar surface area (TPSA) is 57.7 Å². The predicted octanol–water partition coefficient (Wildman–Crippen LogP) is 3.51. The summed E-state index contributed by atoms with van der Waals surface area (Å²) in [6, 6.07) is 6.90. The van der Waals surface area contributed by atoms with E-state index in [1.807, 2.05) is 18.7 Å². The molecule has 1 saturated carbocycles. The van der Waals surface area contributed by atoms with E-state index < -0.39 is 10.0 Å². The molecule has 1 aromatic rings. The van der Waals surface area contributed by atoms with Crippen molar-refractivity contribution < 1.29 is 13.2 Å². The van der Waals surface area contributed by atoms with Crippen LogP contribution in [0.3, 0.4) is 0 Å². The molecule has 5 nitrogen and oxygen atoms in total. The van der Waals surface area contributed by atoms with Gasteiger partial charge in [0.1, 0.15) is 0 Å². The van der Waals surface area contributed by atoms with Gasteiger partial charge in [-0.1, -0.05) is 32.8 Å². The number of piperidine rings is 1. The molecule has 3 rings (SSSR count). The number of sulfonamides is 1. The molecule has 1 heterocycles. The lowest BCUT2D eigenvalue weighted by Gasteiger charge is -2.44. The van der Waals surface area contributed by atoms with E-state index in [0.29, 0.717) is 30.6 Å². The normalized spacial score (nSPS) is 23.7. The van der Waals surface area contributed by atoms with E-state index in [1.165, 1.54) is 30.0 Å². The van der Waals surface area contributed by atoms with Crippen molar-refractivity contribution in [2.75, 3.05) is 19.6 Å². The average Bonchev–Trinajstić information content (AvgIpc) is 2.68. The van der Waals surface area contributed by atoms with Crippen LogP contribution in [-0.4, -0.2) is 49.2 Å². The van der Waals surface area contributed by atoms with Crippen LogP contribution < -0.4 is 0 Å². The Bertz CT molecular complexity index is 741. The number of fused-ring (bicyclic) bond motifs is 1. The maximum atomic E-state index is 13.2. The molecule has 2 atom stereocenters. The Morgan fingerprint density at radius 2 is 1.81 bits per heavy atom. The second-order valence-electron chi connectivity index (χ2n) is 7.37. The van der Waals surface area contributed by atoms with Gasteiger partial charge in [-0.15, -0.1) is 0 Å². The summed E-state index contributed by atoms with van der Waals surface area (Å²) in [7, 11) is -3.55. The van der Waals surface area contributed by atoms with Gasteiger partial charge in [-0.05, 0) is 49.8 Å². The molecule has 2 aliphatic rings. The molecule has 1 aromatic carbocycles. The molecule has 1 amide bonds. The maximum absolute atomic E-state index is 13.2. The van der Waals surface area contributed by atoms with Crippen molar-refractivity contribution in [2.24, 2.45) is 5.92 Å². The lowest BCUT2D eigenvalue weighted by molar-refractivity contribution is 0.0390. The van der Waals surface area contributed by atoms with Crippen LogP contribution in [0, 0.1) is 5.92 Å². The van der Waals surface area contributed by atoms with Crippen LogP contribution in [0.1, 0.15) is 62.7 Å². The zero-order chi connectivity index (χ0) is 18.7. The number of hydrogen-bond acceptors (Lipinski definition) is 3. The van der Waals surface area contributed by atoms with E-state index in [9.17, 15) is 13.2 Å². The van der Waals surface area contributed by atoms with E-state index in [2.05, 4.69) is 0 Å². The zero-order valence-corrected chi connectivity index (χ0v) is 16.7. The molecule has 144 valence electrons. The van der Waals surface area contributed by atoms with Gasteiger partial charge < -0.3 is 4.90 Å². The lowest BCUT2D eigenvalue weighted by atomic mass is 9.78. The first-order valence-electron chi connectivity index (χ1n) is 9.90. The van der Waals surface area contributed by atoms with Crippen molar-refractivity contribution in [1.29, 1.82) is 0 Å². The Morgan fingerprint density at radius 1 is 1.12 bits per heavy atom. The smallest absolute Gasteiger partial charge is 0.254 e. The van der Waals surface area contributed by atoms with Gasteiger partial charge >= 0.3 is 0 Å². The fourth-order valence-electron chi connectivity index (χ4n) is 4.54. The molecule has 0 radical (unpaired) electrons. The van der Waals surface area contributed by atoms with Gasteiger partial charge in [-0.3, -0.25) is 4.79 Å². The largest absolute Gasteiger partial charge is 0.335 e. The van der Waals surface area contributed by atoms with E-state index in [4.69, 9.17) is 0 Å². The highest BCUT2D eigenvalue weighted by Crippen LogP contribution is 2.36. The molecule has 0 unspecified atom stereocenters. The predicted molar refractivity (Wildman–Crippen MR) is 103 cm³/mol. The molecule has 0 aromatic heterocycles. The van der Waals surface area contributed by atoms with Crippen molar-refractivity contribution in [3.63, 3.8) is 0 Å². The molecular formula is C20H30N2O3S. The third-order valence-corrected chi connectivity index (χ3v) is 7.97. The Balaban J connectivity index is 1.86. The number of carbonyl (C=O) groups is 1. The minimum absolute atomic E-state index is 0.0156. The number of carbonyl (C=O) groups excluding carboxylic acids is 1. The van der Waals surface area contributed by atoms with Gasteiger partial charge in [0.15, 0.2) is 0 Å². The van der Waals surface area contributed by atoms with Gasteiger partial charge in [0.2, 0.25) is 10.0 Å². The summed E-state index contributed by atoms with van der Waals surface area (Å²) in [6.07, 6.45) is 7.00. The van der Waals surface area contributed by atoms with Gasteiger partial charge in [-0.25, -0.2) is 8.42 Å². The Morgan fingerprint density at radius 3 is 2.54 bits per heavy atom. The van der Waals surface area contributed by atoms with E-state index in [0.717, 1.165) is 19.4 Å². The third-order valence-electron chi connectivity index (χ3n) is 5.93. The summed E-state index contributed by atoms with van der Waals surface area (Å²) >= 11 is 0. The summed E-state index contributed by atoms with van der Waals surface area (Å²) in [6.45, 7) is 5.28. The number of benzene rings is 1. The minimum Gasteiger partial charge on any atom is -0.335 e. The Labute approximate surface area is 157 Å². The number of rotatable bonds is 5. The second kappa shape index (κ2) is 8.09. The first-order chi connectivity index (χ1) is 12.5. The van der Waals surface area contributed by atoms with Crippen LogP contribution in [0.15, 0.2) is 29.2 Å². The fraction of sp³-hybridized carbons (Fsp3) is 0.650. The fourth-order valence-corrected chi connectivity index (χ4v) is 6.05. The highest BCUT2D eigenvalue weighted by Gasteiger charge is 2.36. The van der Waals surface area contributed by atoms with Gasteiger partial charge in [0, 0.05) is 31.2 Å². The Hall–Kier alpha value is -1.40. The quantitative estimate of drug-likeness (QED) is 0.788. The molecule has 0 N–H and O–H groups in total. The van der Waals surface area contributed by atoms with Crippen LogP contribution in [0.25, 0.3) is 0 Å². The van der Waals surface area contributed by atoms with Crippen molar-refractivity contribution in [3.8, 4) is 0 Å². The number of amides is 1. The SMILES string of the molecule is CCN(CC)S(=O)(=O)c1cccc(C(=O)N2CCC[C@H]3CCCC[C@H]32)c1. The second-order valence-corrected chi connectivity index (χ2v) is 9.31. The molecule has 1 aliphatic carbocycles. The summed E-state index contributed by atoms with van der Waals surface area (Å²) in [5, 5.41) is 0. The zero-order valence-electron chi connectivity index (χ0n) is 15.9. The monoisotopic (exact) mass is 378 g/mol. The number of nitrogens with zero attached hydrogens (tertiary/aromatic N) is 2. The molecule has 1 aliphatic heterocycles. The maximum Gasteiger partial charge on any atom is 0.254 e. The summed E-state index contributed by atoms with van der Waals surface area (Å²) < 4.78 is 27.0. The standard InChI is InChI=1S/C20H30N2O3S/c1-3-21(4-2)26(24,25)18-12-7-10-17(15-18)20(23)22-14-8-11-16-9-5-6-13-19(16)22/h7,10,12,15-16,19H,3-6,8-9,11,13-14H2,1-2H3/t16-,19-/m1/s1. The van der Waals surface area contributed by atoms with Crippen LogP contribution in [0.2, 0.25) is 0 Å². The molecular weight excluding hydrogens is 348 g/mol. The van der Waals surface area contributed by atoms with Crippen molar-refractivity contribution in [1.82, 2.24) is 9.21 Å². The van der Waals surface area contributed by atoms with Crippen molar-refractivity contribution >= 4 is 15.9 Å². The van der Waals surface area contributed by atoms with Crippen molar-refractivity contribution in [3.05, 3.63) is 29.8 Å². The van der Waals surface area contributed by atoms with Crippen molar-refractivity contribution in [2.45, 2.75) is 63.3 Å². The molecule has 0 bridgehead atoms. The highest BCUT2D eigenvalue weighted by molar-refractivity contribution is 7.89. The lowest BCUT2D eigenvalue weighted by Crippen LogP contribution is -2.49. The molecule has 6 heteroatoms. The first-order valence-corrected chi connectivity index (χ1v) is 11.3. The molecule has 1 saturated heterocycles. The third kappa shape index (κ3) is 3.67. The number of hydrogen-bond donors (Lipinski definition) is 0. The minimum atomic E-state index is -3.55. The summed E-state index contributed by atoms with van der Waals surface area (Å²) in [4.78, 5) is 15.4. The van der Waals surface area contributed by atoms with E-state index >= 15 is 0 Å². The number of likely N-dealkylation sites (tertiary alicyclic amines) is 1. The van der Waals surface area contributed by atoms with Gasteiger partial charge in [-0.2, -0.15) is 4.31 Å². The Kier molecular flexibility index (Phi) is 6.03. The molecule has 0 spiro atoms. The summed E-state index contributed by atoms with van der Waals surface area (Å²) in [5.41, 5.74) is 0.490. The van der Waals surface area contributed by atoms with E-state index in [1.54, 1.807) is 24.3 Å². The van der Waals surface area contributed by atoms with Crippen LogP contribution >= 0.6 is 0 Å².